The van der Waals surface area contributed by atoms with Gasteiger partial charge in [-0.15, -0.1) is 11.8 Å². The van der Waals surface area contributed by atoms with Crippen molar-refractivity contribution in [2.75, 3.05) is 0 Å². The van der Waals surface area contributed by atoms with Gasteiger partial charge in [0.05, 0.1) is 27.0 Å². The number of imidazole rings is 1. The average Bonchev–Trinajstić information content (AvgIpc) is 3.04. The van der Waals surface area contributed by atoms with Gasteiger partial charge in [0.25, 0.3) is 5.69 Å². The first-order valence-electron chi connectivity index (χ1n) is 7.89. The molecule has 0 fully saturated rings. The van der Waals surface area contributed by atoms with E-state index in [0.29, 0.717) is 11.3 Å². The van der Waals surface area contributed by atoms with Crippen LogP contribution >= 0.6 is 11.8 Å². The quantitative estimate of drug-likeness (QED) is 0.493. The molecule has 0 radical (unpaired) electrons. The van der Waals surface area contributed by atoms with Crippen molar-refractivity contribution >= 4 is 28.5 Å². The van der Waals surface area contributed by atoms with E-state index in [2.05, 4.69) is 9.97 Å². The Hall–Kier alpha value is -2.94. The number of nitro groups is 2. The number of aromatic amines is 1. The van der Waals surface area contributed by atoms with Gasteiger partial charge in [-0.1, -0.05) is 24.3 Å². The van der Waals surface area contributed by atoms with Gasteiger partial charge in [0.15, 0.2) is 0 Å². The number of nitrogens with zero attached hydrogens (tertiary/aromatic N) is 3. The number of nitrogens with one attached hydrogen (secondary N) is 1. The molecule has 0 bridgehead atoms. The second kappa shape index (κ2) is 7.52. The highest BCUT2D eigenvalue weighted by molar-refractivity contribution is 7.98. The maximum Gasteiger partial charge on any atom is 0.269 e. The van der Waals surface area contributed by atoms with Crippen molar-refractivity contribution in [3.05, 3.63) is 80.1 Å². The van der Waals surface area contributed by atoms with E-state index in [9.17, 15) is 20.2 Å². The molecule has 0 saturated carbocycles. The van der Waals surface area contributed by atoms with Crippen molar-refractivity contribution in [1.82, 2.24) is 9.97 Å². The SMILES string of the molecule is CC(C(SCc1nc2ccccc2[nH]1)c1ccc([N+](=O)[O-])cc1)[N+](=O)[O-]. The monoisotopic (exact) mass is 372 g/mol. The number of nitro benzene ring substituents is 1. The molecule has 2 unspecified atom stereocenters. The largest absolute Gasteiger partial charge is 0.341 e. The van der Waals surface area contributed by atoms with Gasteiger partial charge in [-0.3, -0.25) is 20.2 Å². The number of para-hydroxylation sites is 2. The Bertz CT molecular complexity index is 908. The summed E-state index contributed by atoms with van der Waals surface area (Å²) in [7, 11) is 0. The van der Waals surface area contributed by atoms with Gasteiger partial charge in [0.1, 0.15) is 5.82 Å². The highest BCUT2D eigenvalue weighted by Crippen LogP contribution is 2.36. The Kier molecular flexibility index (Phi) is 5.17. The zero-order valence-electron chi connectivity index (χ0n) is 13.9. The number of hydrogen-bond acceptors (Lipinski definition) is 6. The summed E-state index contributed by atoms with van der Waals surface area (Å²) in [4.78, 5) is 29.0. The topological polar surface area (TPSA) is 115 Å². The van der Waals surface area contributed by atoms with Crippen LogP contribution in [0.5, 0.6) is 0 Å². The van der Waals surface area contributed by atoms with E-state index in [1.807, 2.05) is 24.3 Å². The number of non-ortho nitro benzene ring substituents is 1. The van der Waals surface area contributed by atoms with Gasteiger partial charge >= 0.3 is 0 Å². The first-order chi connectivity index (χ1) is 12.5. The lowest BCUT2D eigenvalue weighted by Crippen LogP contribution is -2.22. The first-order valence-corrected chi connectivity index (χ1v) is 8.93. The number of benzene rings is 2. The number of thioether (sulfide) groups is 1. The lowest BCUT2D eigenvalue weighted by Gasteiger charge is -2.17. The van der Waals surface area contributed by atoms with Crippen LogP contribution in [0.2, 0.25) is 0 Å². The smallest absolute Gasteiger partial charge is 0.269 e. The van der Waals surface area contributed by atoms with Crippen molar-refractivity contribution in [2.45, 2.75) is 24.0 Å². The standard InChI is InChI=1S/C17H16N4O4S/c1-11(20(22)23)17(12-6-8-13(9-7-12)21(24)25)26-10-16-18-14-4-2-3-5-15(14)19-16/h2-9,11,17H,10H2,1H3,(H,18,19). The molecule has 1 aromatic heterocycles. The first kappa shape index (κ1) is 17.9. The minimum atomic E-state index is -0.842. The van der Waals surface area contributed by atoms with Crippen LogP contribution in [0.15, 0.2) is 48.5 Å². The normalized spacial score (nSPS) is 13.4. The van der Waals surface area contributed by atoms with Gasteiger partial charge in [-0.25, -0.2) is 4.98 Å². The Morgan fingerprint density at radius 1 is 1.12 bits per heavy atom. The predicted molar refractivity (Wildman–Crippen MR) is 99.7 cm³/mol. The minimum Gasteiger partial charge on any atom is -0.341 e. The summed E-state index contributed by atoms with van der Waals surface area (Å²) >= 11 is 1.39. The van der Waals surface area contributed by atoms with Crippen LogP contribution < -0.4 is 0 Å². The fourth-order valence-electron chi connectivity index (χ4n) is 2.65. The van der Waals surface area contributed by atoms with Crippen molar-refractivity contribution in [3.8, 4) is 0 Å². The van der Waals surface area contributed by atoms with E-state index in [1.54, 1.807) is 12.1 Å². The van der Waals surface area contributed by atoms with Crippen LogP contribution in [0, 0.1) is 20.2 Å². The highest BCUT2D eigenvalue weighted by Gasteiger charge is 2.29. The molecule has 3 rings (SSSR count). The number of rotatable bonds is 7. The summed E-state index contributed by atoms with van der Waals surface area (Å²) in [6.07, 6.45) is 0. The van der Waals surface area contributed by atoms with Gasteiger partial charge in [0, 0.05) is 24.0 Å². The molecule has 0 aliphatic carbocycles. The molecule has 9 heteroatoms. The fraction of sp³-hybridized carbons (Fsp3) is 0.235. The van der Waals surface area contributed by atoms with E-state index in [1.165, 1.54) is 30.8 Å². The molecule has 0 aliphatic rings. The molecule has 0 spiro atoms. The molecule has 1 N–H and O–H groups in total. The van der Waals surface area contributed by atoms with Gasteiger partial charge in [0.2, 0.25) is 6.04 Å². The molecular weight excluding hydrogens is 356 g/mol. The lowest BCUT2D eigenvalue weighted by atomic mass is 10.1. The number of aromatic nitrogens is 2. The lowest BCUT2D eigenvalue weighted by molar-refractivity contribution is -0.518. The van der Waals surface area contributed by atoms with Crippen LogP contribution in [-0.4, -0.2) is 25.9 Å². The summed E-state index contributed by atoms with van der Waals surface area (Å²) in [6, 6.07) is 12.7. The highest BCUT2D eigenvalue weighted by atomic mass is 32.2. The third kappa shape index (κ3) is 3.83. The second-order valence-corrected chi connectivity index (χ2v) is 6.94. The maximum atomic E-state index is 11.3. The van der Waals surface area contributed by atoms with Gasteiger partial charge in [-0.05, 0) is 17.7 Å². The van der Waals surface area contributed by atoms with E-state index in [4.69, 9.17) is 0 Å². The zero-order chi connectivity index (χ0) is 18.7. The maximum absolute atomic E-state index is 11.3. The molecular formula is C17H16N4O4S. The molecule has 0 aliphatic heterocycles. The summed E-state index contributed by atoms with van der Waals surface area (Å²) in [6.45, 7) is 1.54. The average molecular weight is 372 g/mol. The third-order valence-corrected chi connectivity index (χ3v) is 5.51. The van der Waals surface area contributed by atoms with E-state index >= 15 is 0 Å². The molecule has 26 heavy (non-hydrogen) atoms. The van der Waals surface area contributed by atoms with Crippen molar-refractivity contribution in [3.63, 3.8) is 0 Å². The molecule has 3 aromatic rings. The Morgan fingerprint density at radius 3 is 2.42 bits per heavy atom. The van der Waals surface area contributed by atoms with Crippen LogP contribution in [0.4, 0.5) is 5.69 Å². The second-order valence-electron chi connectivity index (χ2n) is 5.81. The van der Waals surface area contributed by atoms with E-state index in [0.717, 1.165) is 16.9 Å². The molecule has 2 aromatic carbocycles. The fourth-order valence-corrected chi connectivity index (χ4v) is 3.85. The van der Waals surface area contributed by atoms with Gasteiger partial charge in [-0.2, -0.15) is 0 Å². The molecule has 8 nitrogen and oxygen atoms in total. The van der Waals surface area contributed by atoms with Crippen molar-refractivity contribution in [1.29, 1.82) is 0 Å². The van der Waals surface area contributed by atoms with Crippen LogP contribution in [0.1, 0.15) is 23.6 Å². The van der Waals surface area contributed by atoms with Crippen molar-refractivity contribution < 1.29 is 9.85 Å². The van der Waals surface area contributed by atoms with Crippen LogP contribution in [0.3, 0.4) is 0 Å². The Balaban J connectivity index is 1.81. The summed E-state index contributed by atoms with van der Waals surface area (Å²) in [5.74, 6) is 1.20. The summed E-state index contributed by atoms with van der Waals surface area (Å²) in [5, 5.41) is 21.7. The van der Waals surface area contributed by atoms with Gasteiger partial charge < -0.3 is 4.98 Å². The number of hydrogen-bond donors (Lipinski definition) is 1. The molecule has 0 saturated heterocycles. The van der Waals surface area contributed by atoms with Crippen molar-refractivity contribution in [2.24, 2.45) is 0 Å². The molecule has 2 atom stereocenters. The third-order valence-electron chi connectivity index (χ3n) is 4.04. The molecule has 1 heterocycles. The molecule has 134 valence electrons. The molecule has 0 amide bonds. The van der Waals surface area contributed by atoms with E-state index < -0.39 is 16.2 Å². The summed E-state index contributed by atoms with van der Waals surface area (Å²) in [5.41, 5.74) is 2.40. The van der Waals surface area contributed by atoms with E-state index in [-0.39, 0.29) is 10.6 Å². The predicted octanol–water partition coefficient (Wildman–Crippen LogP) is 4.11. The Labute approximate surface area is 152 Å². The number of fused-ring (bicyclic) bond motifs is 1. The summed E-state index contributed by atoms with van der Waals surface area (Å²) < 4.78 is 0. The zero-order valence-corrected chi connectivity index (χ0v) is 14.7. The van der Waals surface area contributed by atoms with Crippen LogP contribution in [-0.2, 0) is 5.75 Å². The number of H-pyrrole nitrogens is 1. The Morgan fingerprint density at radius 2 is 1.81 bits per heavy atom. The van der Waals surface area contributed by atoms with Crippen LogP contribution in [0.25, 0.3) is 11.0 Å². The minimum absolute atomic E-state index is 0.0384.